The van der Waals surface area contributed by atoms with Gasteiger partial charge in [-0.05, 0) is 12.8 Å². The Morgan fingerprint density at radius 3 is 1.33 bits per heavy atom. The normalized spacial score (nSPS) is 13.7. The number of hydrogen-bond donors (Lipinski definition) is 1. The minimum Gasteiger partial charge on any atom is -0.462 e. The summed E-state index contributed by atoms with van der Waals surface area (Å²) in [7, 11) is 1.49. The van der Waals surface area contributed by atoms with Crippen LogP contribution in [0.4, 0.5) is 0 Å². The lowest BCUT2D eigenvalue weighted by Gasteiger charge is -2.24. The molecule has 0 heterocycles. The quantitative estimate of drug-likeness (QED) is 0.0297. The Hall–Kier alpha value is -0.990. The van der Waals surface area contributed by atoms with E-state index in [1.54, 1.807) is 0 Å². The molecule has 0 aromatic carbocycles. The molecule has 0 aliphatic rings. The minimum atomic E-state index is -4.35. The fourth-order valence-corrected chi connectivity index (χ4v) is 6.23. The van der Waals surface area contributed by atoms with Crippen LogP contribution in [0.3, 0.4) is 0 Å². The number of rotatable bonds is 36. The zero-order valence-electron chi connectivity index (χ0n) is 32.0. The van der Waals surface area contributed by atoms with E-state index in [1.807, 2.05) is 21.1 Å². The van der Waals surface area contributed by atoms with E-state index in [2.05, 4.69) is 13.8 Å². The molecule has 0 spiro atoms. The van der Waals surface area contributed by atoms with Crippen molar-refractivity contribution in [3.05, 3.63) is 0 Å². The van der Waals surface area contributed by atoms with E-state index in [0.717, 1.165) is 38.5 Å². The van der Waals surface area contributed by atoms with Gasteiger partial charge in [-0.15, -0.1) is 0 Å². The van der Waals surface area contributed by atoms with Crippen molar-refractivity contribution in [1.29, 1.82) is 0 Å². The van der Waals surface area contributed by atoms with Crippen LogP contribution in [0.2, 0.25) is 0 Å². The van der Waals surface area contributed by atoms with Gasteiger partial charge in [0, 0.05) is 12.8 Å². The second kappa shape index (κ2) is 32.0. The molecule has 0 amide bonds. The molecule has 0 radical (unpaired) electrons. The largest absolute Gasteiger partial charge is 0.472 e. The molecule has 0 aromatic heterocycles. The zero-order valence-corrected chi connectivity index (χ0v) is 32.9. The number of phosphoric ester groups is 1. The first-order valence-electron chi connectivity index (χ1n) is 19.8. The van der Waals surface area contributed by atoms with E-state index in [4.69, 9.17) is 18.5 Å². The summed E-state index contributed by atoms with van der Waals surface area (Å²) >= 11 is 0. The Bertz CT molecular complexity index is 804. The second-order valence-electron chi connectivity index (χ2n) is 14.7. The van der Waals surface area contributed by atoms with E-state index in [0.29, 0.717) is 17.4 Å². The fourth-order valence-electron chi connectivity index (χ4n) is 5.48. The molecule has 0 aromatic rings. The van der Waals surface area contributed by atoms with Crippen molar-refractivity contribution in [2.75, 3.05) is 47.5 Å². The lowest BCUT2D eigenvalue weighted by molar-refractivity contribution is -0.870. The van der Waals surface area contributed by atoms with Gasteiger partial charge in [-0.25, -0.2) is 4.57 Å². The number of phosphoric acid groups is 1. The van der Waals surface area contributed by atoms with Gasteiger partial charge in [0.05, 0.1) is 27.7 Å². The molecule has 0 saturated heterocycles. The van der Waals surface area contributed by atoms with E-state index >= 15 is 0 Å². The van der Waals surface area contributed by atoms with Crippen molar-refractivity contribution < 1.29 is 42.1 Å². The van der Waals surface area contributed by atoms with Crippen LogP contribution in [0.25, 0.3) is 0 Å². The van der Waals surface area contributed by atoms with Gasteiger partial charge in [0.15, 0.2) is 6.10 Å². The Balaban J connectivity index is 4.28. The van der Waals surface area contributed by atoms with Gasteiger partial charge >= 0.3 is 19.8 Å². The summed E-state index contributed by atoms with van der Waals surface area (Å²) in [6.45, 7) is 4.39. The predicted molar refractivity (Wildman–Crippen MR) is 197 cm³/mol. The molecular formula is C38H77NO8P+. The zero-order chi connectivity index (χ0) is 35.8. The van der Waals surface area contributed by atoms with Gasteiger partial charge in [0.2, 0.25) is 0 Å². The van der Waals surface area contributed by atoms with Crippen LogP contribution < -0.4 is 0 Å². The highest BCUT2D eigenvalue weighted by molar-refractivity contribution is 7.47. The highest BCUT2D eigenvalue weighted by Gasteiger charge is 2.27. The molecule has 1 unspecified atom stereocenters. The molecule has 0 rings (SSSR count). The van der Waals surface area contributed by atoms with Gasteiger partial charge in [-0.3, -0.25) is 18.6 Å². The lowest BCUT2D eigenvalue weighted by atomic mass is 10.0. The van der Waals surface area contributed by atoms with E-state index < -0.39 is 26.5 Å². The molecule has 48 heavy (non-hydrogen) atoms. The van der Waals surface area contributed by atoms with Crippen LogP contribution in [0.15, 0.2) is 0 Å². The first-order chi connectivity index (χ1) is 23.0. The molecule has 0 saturated carbocycles. The van der Waals surface area contributed by atoms with Gasteiger partial charge < -0.3 is 18.9 Å². The van der Waals surface area contributed by atoms with E-state index in [1.165, 1.54) is 116 Å². The monoisotopic (exact) mass is 707 g/mol. The highest BCUT2D eigenvalue weighted by Crippen LogP contribution is 2.43. The van der Waals surface area contributed by atoms with Crippen LogP contribution in [0.5, 0.6) is 0 Å². The Morgan fingerprint density at radius 2 is 0.938 bits per heavy atom. The predicted octanol–water partition coefficient (Wildman–Crippen LogP) is 10.5. The van der Waals surface area contributed by atoms with Crippen LogP contribution in [0.1, 0.15) is 181 Å². The van der Waals surface area contributed by atoms with Crippen molar-refractivity contribution in [2.24, 2.45) is 0 Å². The number of unbranched alkanes of at least 4 members (excludes halogenated alkanes) is 22. The van der Waals surface area contributed by atoms with Gasteiger partial charge in [0.25, 0.3) is 0 Å². The maximum atomic E-state index is 12.6. The average Bonchev–Trinajstić information content (AvgIpc) is 3.02. The van der Waals surface area contributed by atoms with Crippen LogP contribution in [-0.4, -0.2) is 74.9 Å². The number of carbonyl (C=O) groups is 2. The Labute approximate surface area is 295 Å². The average molecular weight is 707 g/mol. The van der Waals surface area contributed by atoms with E-state index in [9.17, 15) is 19.0 Å². The molecule has 0 fully saturated rings. The molecule has 1 N–H and O–H groups in total. The number of nitrogens with zero attached hydrogens (tertiary/aromatic N) is 1. The van der Waals surface area contributed by atoms with Crippen LogP contribution >= 0.6 is 7.82 Å². The van der Waals surface area contributed by atoms with Crippen molar-refractivity contribution >= 4 is 19.8 Å². The summed E-state index contributed by atoms with van der Waals surface area (Å²) in [6, 6.07) is 0. The molecule has 286 valence electrons. The van der Waals surface area contributed by atoms with Gasteiger partial charge in [0.1, 0.15) is 19.8 Å². The molecule has 10 heteroatoms. The first kappa shape index (κ1) is 47.0. The number of ether oxygens (including phenoxy) is 2. The highest BCUT2D eigenvalue weighted by atomic mass is 31.2. The van der Waals surface area contributed by atoms with Crippen LogP contribution in [-0.2, 0) is 32.7 Å². The van der Waals surface area contributed by atoms with Gasteiger partial charge in [-0.1, -0.05) is 155 Å². The minimum absolute atomic E-state index is 0.0362. The number of carbonyl (C=O) groups excluding carboxylic acids is 2. The molecule has 0 aliphatic heterocycles. The molecule has 2 atom stereocenters. The fraction of sp³-hybridized carbons (Fsp3) is 0.947. The third-order valence-electron chi connectivity index (χ3n) is 8.64. The first-order valence-corrected chi connectivity index (χ1v) is 21.3. The summed E-state index contributed by atoms with van der Waals surface area (Å²) in [6.07, 6.45) is 28.8. The lowest BCUT2D eigenvalue weighted by Crippen LogP contribution is -2.37. The molecule has 0 bridgehead atoms. The maximum absolute atomic E-state index is 12.6. The Kier molecular flexibility index (Phi) is 31.3. The molecule has 0 aliphatic carbocycles. The third kappa shape index (κ3) is 34.9. The number of likely N-dealkylation sites (N-methyl/N-ethyl adjacent to an activating group) is 1. The summed E-state index contributed by atoms with van der Waals surface area (Å²) in [5.41, 5.74) is 0. The van der Waals surface area contributed by atoms with Crippen molar-refractivity contribution in [1.82, 2.24) is 0 Å². The second-order valence-corrected chi connectivity index (χ2v) is 16.1. The summed E-state index contributed by atoms with van der Waals surface area (Å²) in [5.74, 6) is -0.796. The van der Waals surface area contributed by atoms with Crippen molar-refractivity contribution in [3.8, 4) is 0 Å². The number of quaternary nitrogens is 1. The molecule has 9 nitrogen and oxygen atoms in total. The molecular weight excluding hydrogens is 629 g/mol. The summed E-state index contributed by atoms with van der Waals surface area (Å²) in [4.78, 5) is 35.0. The Morgan fingerprint density at radius 1 is 0.562 bits per heavy atom. The topological polar surface area (TPSA) is 108 Å². The SMILES string of the molecule is CCCCCCCCCCCCCCCCCCCC(=O)O[C@H](COC(=O)CCCCCCCCC)COP(=O)(O)OCC[N+](C)(C)C. The number of esters is 2. The summed E-state index contributed by atoms with van der Waals surface area (Å²) in [5, 5.41) is 0. The standard InChI is InChI=1S/C38H76NO8P/c1-6-8-10-12-14-15-16-17-18-19-20-21-22-23-25-27-29-31-38(41)47-36(35-46-48(42,43)45-33-32-39(3,4)5)34-44-37(40)30-28-26-24-13-11-9-7-2/h36H,6-35H2,1-5H3/p+1/t36-/m1/s1. The third-order valence-corrected chi connectivity index (χ3v) is 9.62. The van der Waals surface area contributed by atoms with E-state index in [-0.39, 0.29) is 25.6 Å². The van der Waals surface area contributed by atoms with Crippen LogP contribution in [0, 0.1) is 0 Å². The summed E-state index contributed by atoms with van der Waals surface area (Å²) < 4.78 is 34.1. The van der Waals surface area contributed by atoms with Crippen molar-refractivity contribution in [2.45, 2.75) is 187 Å². The smallest absolute Gasteiger partial charge is 0.462 e. The van der Waals surface area contributed by atoms with Crippen molar-refractivity contribution in [3.63, 3.8) is 0 Å². The maximum Gasteiger partial charge on any atom is 0.472 e. The van der Waals surface area contributed by atoms with Gasteiger partial charge in [-0.2, -0.15) is 0 Å². The number of hydrogen-bond acceptors (Lipinski definition) is 7.